The third-order valence-electron chi connectivity index (χ3n) is 6.19. The summed E-state index contributed by atoms with van der Waals surface area (Å²) in [5.41, 5.74) is 0.924. The van der Waals surface area contributed by atoms with Crippen molar-refractivity contribution in [1.29, 1.82) is 0 Å². The van der Waals surface area contributed by atoms with E-state index in [0.717, 1.165) is 72.8 Å². The SMILES string of the molecule is FC(F)(F)c1ccc2c(SCCCCCOc3ccc(CN4CCCCC4)cc3Cl)ccnc2c1. The van der Waals surface area contributed by atoms with E-state index in [9.17, 15) is 13.2 Å². The Labute approximate surface area is 214 Å². The topological polar surface area (TPSA) is 25.4 Å². The molecule has 1 fully saturated rings. The van der Waals surface area contributed by atoms with Gasteiger partial charge in [-0.2, -0.15) is 13.2 Å². The molecule has 1 aliphatic heterocycles. The van der Waals surface area contributed by atoms with Crippen LogP contribution in [-0.2, 0) is 12.7 Å². The Kier molecular flexibility index (Phi) is 9.20. The van der Waals surface area contributed by atoms with E-state index in [1.54, 1.807) is 18.0 Å². The summed E-state index contributed by atoms with van der Waals surface area (Å²) >= 11 is 8.09. The Hall–Kier alpha value is -1.96. The lowest BCUT2D eigenvalue weighted by atomic mass is 10.1. The van der Waals surface area contributed by atoms with E-state index in [-0.39, 0.29) is 0 Å². The van der Waals surface area contributed by atoms with E-state index in [4.69, 9.17) is 16.3 Å². The van der Waals surface area contributed by atoms with Gasteiger partial charge in [-0.1, -0.05) is 30.2 Å². The van der Waals surface area contributed by atoms with Gasteiger partial charge in [-0.15, -0.1) is 11.8 Å². The van der Waals surface area contributed by atoms with Crippen molar-refractivity contribution in [3.05, 3.63) is 64.8 Å². The summed E-state index contributed by atoms with van der Waals surface area (Å²) in [4.78, 5) is 7.54. The molecule has 3 aromatic rings. The molecule has 2 aromatic carbocycles. The first kappa shape index (κ1) is 26.1. The van der Waals surface area contributed by atoms with E-state index < -0.39 is 11.7 Å². The van der Waals surface area contributed by atoms with Crippen molar-refractivity contribution < 1.29 is 17.9 Å². The molecular formula is C27H30ClF3N2OS. The van der Waals surface area contributed by atoms with E-state index in [1.165, 1.54) is 30.9 Å². The highest BCUT2D eigenvalue weighted by Crippen LogP contribution is 2.34. The van der Waals surface area contributed by atoms with Crippen LogP contribution in [0.5, 0.6) is 5.75 Å². The predicted octanol–water partition coefficient (Wildman–Crippen LogP) is 8.23. The van der Waals surface area contributed by atoms with Gasteiger partial charge in [0.05, 0.1) is 22.7 Å². The molecule has 2 heterocycles. The maximum atomic E-state index is 12.9. The number of pyridine rings is 1. The molecule has 0 radical (unpaired) electrons. The molecule has 0 unspecified atom stereocenters. The molecule has 0 N–H and O–H groups in total. The van der Waals surface area contributed by atoms with Gasteiger partial charge in [0.15, 0.2) is 0 Å². The van der Waals surface area contributed by atoms with Crippen LogP contribution in [0.25, 0.3) is 10.9 Å². The summed E-state index contributed by atoms with van der Waals surface area (Å²) < 4.78 is 44.7. The van der Waals surface area contributed by atoms with Crippen molar-refractivity contribution in [3.8, 4) is 5.75 Å². The zero-order valence-corrected chi connectivity index (χ0v) is 21.2. The number of hydrogen-bond acceptors (Lipinski definition) is 4. The van der Waals surface area contributed by atoms with E-state index >= 15 is 0 Å². The molecular weight excluding hydrogens is 493 g/mol. The van der Waals surface area contributed by atoms with E-state index in [2.05, 4.69) is 16.0 Å². The number of fused-ring (bicyclic) bond motifs is 1. The van der Waals surface area contributed by atoms with Gasteiger partial charge in [-0.3, -0.25) is 9.88 Å². The molecule has 0 amide bonds. The Morgan fingerprint density at radius 1 is 0.971 bits per heavy atom. The second kappa shape index (κ2) is 12.3. The van der Waals surface area contributed by atoms with Gasteiger partial charge in [0.2, 0.25) is 0 Å². The number of rotatable bonds is 10. The molecule has 188 valence electrons. The summed E-state index contributed by atoms with van der Waals surface area (Å²) in [6, 6.07) is 11.7. The van der Waals surface area contributed by atoms with Gasteiger partial charge in [0.1, 0.15) is 5.75 Å². The van der Waals surface area contributed by atoms with Crippen LogP contribution < -0.4 is 4.74 Å². The van der Waals surface area contributed by atoms with Crippen LogP contribution in [0.4, 0.5) is 13.2 Å². The zero-order valence-electron chi connectivity index (χ0n) is 19.6. The number of halogens is 4. The Morgan fingerprint density at radius 2 is 1.80 bits per heavy atom. The highest BCUT2D eigenvalue weighted by molar-refractivity contribution is 7.99. The van der Waals surface area contributed by atoms with Crippen LogP contribution >= 0.6 is 23.4 Å². The van der Waals surface area contributed by atoms with Crippen LogP contribution in [0.15, 0.2) is 53.6 Å². The lowest BCUT2D eigenvalue weighted by molar-refractivity contribution is -0.137. The molecule has 1 aromatic heterocycles. The fraction of sp³-hybridized carbons (Fsp3) is 0.444. The maximum absolute atomic E-state index is 12.9. The Balaban J connectivity index is 1.17. The van der Waals surface area contributed by atoms with Gasteiger partial charge in [0.25, 0.3) is 0 Å². The molecule has 3 nitrogen and oxygen atoms in total. The minimum Gasteiger partial charge on any atom is -0.492 e. The monoisotopic (exact) mass is 522 g/mol. The second-order valence-electron chi connectivity index (χ2n) is 8.90. The Bertz CT molecular complexity index is 1120. The minimum absolute atomic E-state index is 0.372. The second-order valence-corrected chi connectivity index (χ2v) is 10.4. The van der Waals surface area contributed by atoms with Crippen molar-refractivity contribution in [2.24, 2.45) is 0 Å². The summed E-state index contributed by atoms with van der Waals surface area (Å²) in [7, 11) is 0. The maximum Gasteiger partial charge on any atom is 0.416 e. The standard InChI is InChI=1S/C27H30ClF3N2OS/c28-23-17-20(19-33-13-3-1-4-14-33)7-10-25(23)34-15-5-2-6-16-35-26-11-12-32-24-18-21(27(29,30)31)8-9-22(24)26/h7-12,17-18H,1-6,13-16,19H2. The molecule has 0 bridgehead atoms. The van der Waals surface area contributed by atoms with Crippen LogP contribution in [-0.4, -0.2) is 35.3 Å². The van der Waals surface area contributed by atoms with Crippen molar-refractivity contribution in [2.75, 3.05) is 25.4 Å². The van der Waals surface area contributed by atoms with Crippen molar-refractivity contribution >= 4 is 34.3 Å². The van der Waals surface area contributed by atoms with E-state index in [1.807, 2.05) is 18.2 Å². The molecule has 1 saturated heterocycles. The number of piperidine rings is 1. The number of likely N-dealkylation sites (tertiary alicyclic amines) is 1. The molecule has 0 saturated carbocycles. The highest BCUT2D eigenvalue weighted by Gasteiger charge is 2.30. The van der Waals surface area contributed by atoms with Crippen molar-refractivity contribution in [1.82, 2.24) is 9.88 Å². The first-order valence-electron chi connectivity index (χ1n) is 12.1. The average molecular weight is 523 g/mol. The number of alkyl halides is 3. The van der Waals surface area contributed by atoms with Gasteiger partial charge >= 0.3 is 6.18 Å². The number of benzene rings is 2. The molecule has 1 aliphatic rings. The van der Waals surface area contributed by atoms with Crippen LogP contribution in [0.3, 0.4) is 0 Å². The fourth-order valence-electron chi connectivity index (χ4n) is 4.30. The largest absolute Gasteiger partial charge is 0.492 e. The number of aromatic nitrogens is 1. The number of unbranched alkanes of at least 4 members (excludes halogenated alkanes) is 2. The number of ether oxygens (including phenoxy) is 1. The number of nitrogens with zero attached hydrogens (tertiary/aromatic N) is 2. The van der Waals surface area contributed by atoms with Gasteiger partial charge < -0.3 is 4.74 Å². The third-order valence-corrected chi connectivity index (χ3v) is 7.64. The summed E-state index contributed by atoms with van der Waals surface area (Å²) in [5.74, 6) is 1.61. The van der Waals surface area contributed by atoms with Gasteiger partial charge in [-0.25, -0.2) is 0 Å². The minimum atomic E-state index is -4.36. The highest BCUT2D eigenvalue weighted by atomic mass is 35.5. The molecule has 0 aliphatic carbocycles. The lowest BCUT2D eigenvalue weighted by Crippen LogP contribution is -2.29. The Morgan fingerprint density at radius 3 is 2.57 bits per heavy atom. The average Bonchev–Trinajstić information content (AvgIpc) is 2.84. The number of hydrogen-bond donors (Lipinski definition) is 0. The van der Waals surface area contributed by atoms with Crippen LogP contribution in [0.2, 0.25) is 5.02 Å². The van der Waals surface area contributed by atoms with Crippen LogP contribution in [0, 0.1) is 0 Å². The summed E-state index contributed by atoms with van der Waals surface area (Å²) in [6.45, 7) is 3.86. The third kappa shape index (κ3) is 7.51. The van der Waals surface area contributed by atoms with Crippen molar-refractivity contribution in [2.45, 2.75) is 56.1 Å². The quantitative estimate of drug-likeness (QED) is 0.198. The molecule has 4 rings (SSSR count). The van der Waals surface area contributed by atoms with Crippen LogP contribution in [0.1, 0.15) is 49.7 Å². The first-order chi connectivity index (χ1) is 16.9. The molecule has 0 atom stereocenters. The van der Waals surface area contributed by atoms with Crippen molar-refractivity contribution in [3.63, 3.8) is 0 Å². The van der Waals surface area contributed by atoms with Gasteiger partial charge in [0, 0.05) is 23.0 Å². The predicted molar refractivity (Wildman–Crippen MR) is 137 cm³/mol. The van der Waals surface area contributed by atoms with Gasteiger partial charge in [-0.05, 0) is 86.8 Å². The lowest BCUT2D eigenvalue weighted by Gasteiger charge is -2.26. The van der Waals surface area contributed by atoms with E-state index in [0.29, 0.717) is 17.1 Å². The fourth-order valence-corrected chi connectivity index (χ4v) is 5.62. The first-order valence-corrected chi connectivity index (χ1v) is 13.5. The summed E-state index contributed by atoms with van der Waals surface area (Å²) in [6.07, 6.45) is 3.99. The smallest absolute Gasteiger partial charge is 0.416 e. The molecule has 35 heavy (non-hydrogen) atoms. The normalized spacial score (nSPS) is 15.0. The zero-order chi connectivity index (χ0) is 24.7. The summed E-state index contributed by atoms with van der Waals surface area (Å²) in [5, 5.41) is 1.42. The molecule has 0 spiro atoms. The number of thioether (sulfide) groups is 1. The molecule has 8 heteroatoms.